The van der Waals surface area contributed by atoms with E-state index >= 15 is 0 Å². The second kappa shape index (κ2) is 7.28. The van der Waals surface area contributed by atoms with Crippen molar-refractivity contribution in [1.82, 2.24) is 9.97 Å². The fraction of sp³-hybridized carbons (Fsp3) is 0.667. The molecule has 0 unspecified atom stereocenters. The molecule has 8 heteroatoms. The van der Waals surface area contributed by atoms with Crippen molar-refractivity contribution in [3.63, 3.8) is 0 Å². The molecule has 0 aliphatic carbocycles. The fourth-order valence-corrected chi connectivity index (χ4v) is 1.72. The standard InChI is InChI=1S/C12H19F3N4O/c1-3-4-9-17-10(16-2)7-11(18-9)19(5-6-20)8-12(13,14)15/h7,20H,3-6,8H2,1-2H3,(H,16,17,18). The molecule has 0 aromatic carbocycles. The van der Waals surface area contributed by atoms with Crippen LogP contribution in [0.25, 0.3) is 0 Å². The maximum Gasteiger partial charge on any atom is 0.405 e. The summed E-state index contributed by atoms with van der Waals surface area (Å²) in [7, 11) is 1.64. The molecule has 1 heterocycles. The van der Waals surface area contributed by atoms with Gasteiger partial charge in [0.25, 0.3) is 0 Å². The molecule has 114 valence electrons. The highest BCUT2D eigenvalue weighted by Gasteiger charge is 2.31. The predicted octanol–water partition coefficient (Wildman–Crippen LogP) is 1.83. The second-order valence-electron chi connectivity index (χ2n) is 4.29. The van der Waals surface area contributed by atoms with E-state index in [1.54, 1.807) is 7.05 Å². The lowest BCUT2D eigenvalue weighted by atomic mass is 10.3. The van der Waals surface area contributed by atoms with Gasteiger partial charge in [0.15, 0.2) is 0 Å². The van der Waals surface area contributed by atoms with E-state index < -0.39 is 12.7 Å². The molecule has 20 heavy (non-hydrogen) atoms. The van der Waals surface area contributed by atoms with Gasteiger partial charge in [-0.25, -0.2) is 9.97 Å². The topological polar surface area (TPSA) is 61.3 Å². The zero-order chi connectivity index (χ0) is 15.2. The Morgan fingerprint density at radius 3 is 2.55 bits per heavy atom. The van der Waals surface area contributed by atoms with Crippen molar-refractivity contribution in [2.45, 2.75) is 25.9 Å². The molecule has 0 spiro atoms. The third-order valence-electron chi connectivity index (χ3n) is 2.55. The van der Waals surface area contributed by atoms with Crippen LogP contribution in [0.1, 0.15) is 19.2 Å². The molecule has 0 bridgehead atoms. The first-order chi connectivity index (χ1) is 9.39. The molecule has 0 saturated heterocycles. The lowest BCUT2D eigenvalue weighted by Gasteiger charge is -2.24. The number of hydrogen-bond donors (Lipinski definition) is 2. The van der Waals surface area contributed by atoms with Crippen molar-refractivity contribution in [2.75, 3.05) is 37.0 Å². The summed E-state index contributed by atoms with van der Waals surface area (Å²) in [6, 6.07) is 1.44. The Morgan fingerprint density at radius 2 is 2.05 bits per heavy atom. The van der Waals surface area contributed by atoms with E-state index in [2.05, 4.69) is 15.3 Å². The van der Waals surface area contributed by atoms with Crippen molar-refractivity contribution in [2.24, 2.45) is 0 Å². The molecule has 0 fully saturated rings. The normalized spacial score (nSPS) is 11.5. The Bertz CT molecular complexity index is 426. The summed E-state index contributed by atoms with van der Waals surface area (Å²) in [6.45, 7) is 0.277. The number of anilines is 2. The van der Waals surface area contributed by atoms with Crippen LogP contribution in [-0.4, -0.2) is 48.0 Å². The molecular formula is C12H19F3N4O. The predicted molar refractivity (Wildman–Crippen MR) is 70.9 cm³/mol. The molecule has 5 nitrogen and oxygen atoms in total. The van der Waals surface area contributed by atoms with Crippen LogP contribution in [0.2, 0.25) is 0 Å². The molecule has 0 aliphatic heterocycles. The summed E-state index contributed by atoms with van der Waals surface area (Å²) >= 11 is 0. The fourth-order valence-electron chi connectivity index (χ4n) is 1.72. The molecule has 1 aromatic heterocycles. The number of rotatable bonds is 7. The molecule has 1 aromatic rings. The van der Waals surface area contributed by atoms with E-state index in [1.807, 2.05) is 6.92 Å². The Labute approximate surface area is 115 Å². The first-order valence-corrected chi connectivity index (χ1v) is 6.38. The van der Waals surface area contributed by atoms with Gasteiger partial charge >= 0.3 is 6.18 Å². The van der Waals surface area contributed by atoms with Gasteiger partial charge in [0.2, 0.25) is 0 Å². The average molecular weight is 292 g/mol. The van der Waals surface area contributed by atoms with Crippen LogP contribution in [0.5, 0.6) is 0 Å². The molecule has 0 atom stereocenters. The van der Waals surface area contributed by atoms with Gasteiger partial charge in [0, 0.05) is 26.1 Å². The average Bonchev–Trinajstić information content (AvgIpc) is 2.36. The Kier molecular flexibility index (Phi) is 6.00. The molecule has 0 radical (unpaired) electrons. The largest absolute Gasteiger partial charge is 0.405 e. The minimum atomic E-state index is -4.36. The zero-order valence-corrected chi connectivity index (χ0v) is 11.5. The van der Waals surface area contributed by atoms with E-state index in [0.29, 0.717) is 18.1 Å². The van der Waals surface area contributed by atoms with Gasteiger partial charge in [-0.1, -0.05) is 6.92 Å². The number of halogens is 3. The molecule has 0 aliphatic rings. The van der Waals surface area contributed by atoms with Gasteiger partial charge in [-0.3, -0.25) is 0 Å². The summed E-state index contributed by atoms with van der Waals surface area (Å²) in [5, 5.41) is 11.7. The summed E-state index contributed by atoms with van der Waals surface area (Å²) in [5.74, 6) is 1.11. The lowest BCUT2D eigenvalue weighted by molar-refractivity contribution is -0.120. The van der Waals surface area contributed by atoms with E-state index in [0.717, 1.165) is 11.3 Å². The van der Waals surface area contributed by atoms with Crippen LogP contribution in [-0.2, 0) is 6.42 Å². The van der Waals surface area contributed by atoms with Crippen LogP contribution in [0.3, 0.4) is 0 Å². The van der Waals surface area contributed by atoms with Crippen molar-refractivity contribution in [3.8, 4) is 0 Å². The number of alkyl halides is 3. The Balaban J connectivity index is 3.07. The lowest BCUT2D eigenvalue weighted by Crippen LogP contribution is -2.37. The molecule has 0 amide bonds. The third kappa shape index (κ3) is 5.20. The van der Waals surface area contributed by atoms with E-state index in [1.165, 1.54) is 6.07 Å². The summed E-state index contributed by atoms with van der Waals surface area (Å²) in [5.41, 5.74) is 0. The number of aliphatic hydroxyl groups excluding tert-OH is 1. The van der Waals surface area contributed by atoms with Gasteiger partial charge in [-0.2, -0.15) is 13.2 Å². The summed E-state index contributed by atoms with van der Waals surface area (Å²) in [6.07, 6.45) is -2.97. The number of aryl methyl sites for hydroxylation is 1. The van der Waals surface area contributed by atoms with Crippen molar-refractivity contribution < 1.29 is 18.3 Å². The maximum absolute atomic E-state index is 12.6. The first-order valence-electron chi connectivity index (χ1n) is 6.38. The minimum absolute atomic E-state index is 0.134. The molecule has 2 N–H and O–H groups in total. The highest BCUT2D eigenvalue weighted by atomic mass is 19.4. The van der Waals surface area contributed by atoms with Crippen molar-refractivity contribution >= 4 is 11.6 Å². The van der Waals surface area contributed by atoms with Gasteiger partial charge < -0.3 is 15.3 Å². The highest BCUT2D eigenvalue weighted by molar-refractivity contribution is 5.49. The first kappa shape index (κ1) is 16.5. The van der Waals surface area contributed by atoms with Crippen LogP contribution in [0, 0.1) is 0 Å². The SMILES string of the molecule is CCCc1nc(NC)cc(N(CCO)CC(F)(F)F)n1. The van der Waals surface area contributed by atoms with Gasteiger partial charge in [0.05, 0.1) is 6.61 Å². The van der Waals surface area contributed by atoms with Crippen LogP contribution in [0.4, 0.5) is 24.8 Å². The summed E-state index contributed by atoms with van der Waals surface area (Å²) < 4.78 is 37.7. The van der Waals surface area contributed by atoms with Gasteiger partial charge in [-0.05, 0) is 6.42 Å². The molecule has 1 rings (SSSR count). The third-order valence-corrected chi connectivity index (χ3v) is 2.55. The maximum atomic E-state index is 12.6. The quantitative estimate of drug-likeness (QED) is 0.803. The van der Waals surface area contributed by atoms with Crippen LogP contribution in [0.15, 0.2) is 6.07 Å². The number of aromatic nitrogens is 2. The smallest absolute Gasteiger partial charge is 0.395 e. The molecule has 0 saturated carbocycles. The number of nitrogens with zero attached hydrogens (tertiary/aromatic N) is 3. The van der Waals surface area contributed by atoms with Gasteiger partial charge in [0.1, 0.15) is 24.0 Å². The van der Waals surface area contributed by atoms with E-state index in [-0.39, 0.29) is 19.0 Å². The number of nitrogens with one attached hydrogen (secondary N) is 1. The zero-order valence-electron chi connectivity index (χ0n) is 11.5. The summed E-state index contributed by atoms with van der Waals surface area (Å²) in [4.78, 5) is 9.33. The molecular weight excluding hydrogens is 273 g/mol. The van der Waals surface area contributed by atoms with Gasteiger partial charge in [-0.15, -0.1) is 0 Å². The van der Waals surface area contributed by atoms with Crippen molar-refractivity contribution in [1.29, 1.82) is 0 Å². The monoisotopic (exact) mass is 292 g/mol. The minimum Gasteiger partial charge on any atom is -0.395 e. The van der Waals surface area contributed by atoms with E-state index in [9.17, 15) is 13.2 Å². The van der Waals surface area contributed by atoms with Crippen molar-refractivity contribution in [3.05, 3.63) is 11.9 Å². The van der Waals surface area contributed by atoms with E-state index in [4.69, 9.17) is 5.11 Å². The highest BCUT2D eigenvalue weighted by Crippen LogP contribution is 2.22. The van der Waals surface area contributed by atoms with Crippen LogP contribution >= 0.6 is 0 Å². The number of aliphatic hydroxyl groups is 1. The Hall–Kier alpha value is -1.57. The Morgan fingerprint density at radius 1 is 1.35 bits per heavy atom. The number of hydrogen-bond acceptors (Lipinski definition) is 5. The van der Waals surface area contributed by atoms with Crippen LogP contribution < -0.4 is 10.2 Å². The second-order valence-corrected chi connectivity index (χ2v) is 4.29.